The Morgan fingerprint density at radius 3 is 2.86 bits per heavy atom. The molecule has 1 aromatic rings. The van der Waals surface area contributed by atoms with Crippen LogP contribution in [0.4, 0.5) is 4.79 Å². The van der Waals surface area contributed by atoms with Gasteiger partial charge in [0.1, 0.15) is 10.8 Å². The normalized spacial score (nSPS) is 18.9. The van der Waals surface area contributed by atoms with E-state index in [1.807, 2.05) is 26.8 Å². The Bertz CT molecular complexity index is 491. The minimum atomic E-state index is -0.498. The zero-order chi connectivity index (χ0) is 14.8. The summed E-state index contributed by atoms with van der Waals surface area (Å²) in [6.07, 6.45) is 1.36. The largest absolute Gasteiger partial charge is 0.444 e. The topological polar surface area (TPSA) is 54.5 Å². The number of halogens is 2. The molecule has 0 bridgehead atoms. The van der Waals surface area contributed by atoms with Gasteiger partial charge in [0, 0.05) is 25.8 Å². The Morgan fingerprint density at radius 2 is 2.24 bits per heavy atom. The zero-order valence-electron chi connectivity index (χ0n) is 12.4. The molecule has 1 amide bonds. The fourth-order valence-electron chi connectivity index (χ4n) is 2.17. The van der Waals surface area contributed by atoms with Gasteiger partial charge in [-0.05, 0) is 38.5 Å². The number of nitrogens with zero attached hydrogens (tertiary/aromatic N) is 2. The number of ether oxygens (including phenoxy) is 1. The Kier molecular flexibility index (Phi) is 6.25. The lowest BCUT2D eigenvalue weighted by Crippen LogP contribution is -2.50. The molecule has 1 aliphatic rings. The molecule has 1 unspecified atom stereocenters. The fraction of sp³-hybridized carbons (Fsp3) is 0.571. The molecule has 1 fully saturated rings. The van der Waals surface area contributed by atoms with Crippen molar-refractivity contribution in [3.8, 4) is 0 Å². The molecule has 2 rings (SSSR count). The van der Waals surface area contributed by atoms with Crippen LogP contribution in [0.15, 0.2) is 18.3 Å². The maximum absolute atomic E-state index is 12.3. The highest BCUT2D eigenvalue weighted by Crippen LogP contribution is 2.25. The first kappa shape index (κ1) is 18.0. The number of hydrogen-bond acceptors (Lipinski definition) is 4. The number of hydrogen-bond donors (Lipinski definition) is 1. The van der Waals surface area contributed by atoms with Crippen molar-refractivity contribution in [2.75, 3.05) is 19.6 Å². The summed E-state index contributed by atoms with van der Waals surface area (Å²) in [5.74, 6) is 0. The van der Waals surface area contributed by atoms with E-state index in [0.717, 1.165) is 12.1 Å². The van der Waals surface area contributed by atoms with Crippen molar-refractivity contribution >= 4 is 30.1 Å². The third-order valence-electron chi connectivity index (χ3n) is 3.01. The van der Waals surface area contributed by atoms with E-state index in [4.69, 9.17) is 16.3 Å². The van der Waals surface area contributed by atoms with Crippen molar-refractivity contribution in [2.45, 2.75) is 32.4 Å². The van der Waals surface area contributed by atoms with Crippen LogP contribution in [-0.4, -0.2) is 41.2 Å². The number of pyridine rings is 1. The number of aromatic nitrogens is 1. The Labute approximate surface area is 136 Å². The van der Waals surface area contributed by atoms with Gasteiger partial charge in [0.15, 0.2) is 0 Å². The molecule has 1 atom stereocenters. The second-order valence-corrected chi connectivity index (χ2v) is 6.19. The van der Waals surface area contributed by atoms with Gasteiger partial charge in [0.2, 0.25) is 0 Å². The second kappa shape index (κ2) is 7.29. The summed E-state index contributed by atoms with van der Waals surface area (Å²) in [6, 6.07) is 3.58. The molecule has 0 aliphatic carbocycles. The van der Waals surface area contributed by atoms with E-state index in [2.05, 4.69) is 10.3 Å². The number of carbonyl (C=O) groups excluding carboxylic acids is 1. The molecule has 5 nitrogen and oxygen atoms in total. The van der Waals surface area contributed by atoms with E-state index in [0.29, 0.717) is 18.2 Å². The molecule has 0 radical (unpaired) electrons. The molecular formula is C14H21Cl2N3O2. The molecular weight excluding hydrogens is 313 g/mol. The number of rotatable bonds is 1. The first-order valence-electron chi connectivity index (χ1n) is 6.68. The summed E-state index contributed by atoms with van der Waals surface area (Å²) in [7, 11) is 0. The van der Waals surface area contributed by atoms with Crippen molar-refractivity contribution in [1.29, 1.82) is 0 Å². The molecule has 0 aromatic carbocycles. The summed E-state index contributed by atoms with van der Waals surface area (Å²) in [6.45, 7) is 7.65. The third-order valence-corrected chi connectivity index (χ3v) is 3.21. The molecule has 7 heteroatoms. The number of carbonyl (C=O) groups is 1. The van der Waals surface area contributed by atoms with Crippen molar-refractivity contribution in [3.63, 3.8) is 0 Å². The van der Waals surface area contributed by atoms with Gasteiger partial charge >= 0.3 is 6.09 Å². The summed E-state index contributed by atoms with van der Waals surface area (Å²) in [5.41, 5.74) is 0.464. The van der Waals surface area contributed by atoms with Crippen LogP contribution in [0.3, 0.4) is 0 Å². The van der Waals surface area contributed by atoms with Gasteiger partial charge in [-0.2, -0.15) is 0 Å². The average molecular weight is 334 g/mol. The van der Waals surface area contributed by atoms with Crippen LogP contribution < -0.4 is 5.32 Å². The SMILES string of the molecule is CC(C)(C)OC(=O)N1CCNCC1c1ccnc(Cl)c1.Cl. The van der Waals surface area contributed by atoms with Gasteiger partial charge in [-0.1, -0.05) is 11.6 Å². The minimum absolute atomic E-state index is 0. The third kappa shape index (κ3) is 5.02. The summed E-state index contributed by atoms with van der Waals surface area (Å²) < 4.78 is 5.47. The monoisotopic (exact) mass is 333 g/mol. The van der Waals surface area contributed by atoms with Crippen LogP contribution in [0.5, 0.6) is 0 Å². The molecule has 1 aliphatic heterocycles. The van der Waals surface area contributed by atoms with Crippen LogP contribution in [0.25, 0.3) is 0 Å². The summed E-state index contributed by atoms with van der Waals surface area (Å²) in [5, 5.41) is 3.72. The summed E-state index contributed by atoms with van der Waals surface area (Å²) in [4.78, 5) is 18.0. The van der Waals surface area contributed by atoms with Crippen molar-refractivity contribution in [2.24, 2.45) is 0 Å². The van der Waals surface area contributed by atoms with Crippen molar-refractivity contribution < 1.29 is 9.53 Å². The molecule has 0 saturated carbocycles. The van der Waals surface area contributed by atoms with Gasteiger partial charge in [0.05, 0.1) is 6.04 Å². The molecule has 21 heavy (non-hydrogen) atoms. The lowest BCUT2D eigenvalue weighted by Gasteiger charge is -2.37. The fourth-order valence-corrected chi connectivity index (χ4v) is 2.35. The van der Waals surface area contributed by atoms with E-state index < -0.39 is 5.60 Å². The number of nitrogens with one attached hydrogen (secondary N) is 1. The van der Waals surface area contributed by atoms with Gasteiger partial charge in [-0.25, -0.2) is 9.78 Å². The molecule has 0 spiro atoms. The van der Waals surface area contributed by atoms with Crippen LogP contribution in [0, 0.1) is 0 Å². The lowest BCUT2D eigenvalue weighted by molar-refractivity contribution is 0.0118. The van der Waals surface area contributed by atoms with E-state index >= 15 is 0 Å². The quantitative estimate of drug-likeness (QED) is 0.802. The first-order valence-corrected chi connectivity index (χ1v) is 7.06. The second-order valence-electron chi connectivity index (χ2n) is 5.81. The van der Waals surface area contributed by atoms with Crippen LogP contribution in [0.2, 0.25) is 5.15 Å². The standard InChI is InChI=1S/C14H20ClN3O2.ClH/c1-14(2,3)20-13(19)18-7-6-16-9-11(18)10-4-5-17-12(15)8-10;/h4-5,8,11,16H,6-7,9H2,1-3H3;1H. The van der Waals surface area contributed by atoms with Crippen molar-refractivity contribution in [3.05, 3.63) is 29.0 Å². The Morgan fingerprint density at radius 1 is 1.52 bits per heavy atom. The van der Waals surface area contributed by atoms with Crippen LogP contribution in [0.1, 0.15) is 32.4 Å². The van der Waals surface area contributed by atoms with E-state index in [1.54, 1.807) is 17.2 Å². The molecule has 118 valence electrons. The first-order chi connectivity index (χ1) is 9.37. The predicted molar refractivity (Wildman–Crippen MR) is 85.0 cm³/mol. The average Bonchev–Trinajstić information content (AvgIpc) is 2.37. The van der Waals surface area contributed by atoms with Gasteiger partial charge in [-0.3, -0.25) is 4.90 Å². The maximum atomic E-state index is 12.3. The van der Waals surface area contributed by atoms with Gasteiger partial charge < -0.3 is 10.1 Å². The van der Waals surface area contributed by atoms with Gasteiger partial charge in [0.25, 0.3) is 0 Å². The highest BCUT2D eigenvalue weighted by Gasteiger charge is 2.31. The van der Waals surface area contributed by atoms with Crippen LogP contribution >= 0.6 is 24.0 Å². The smallest absolute Gasteiger partial charge is 0.410 e. The van der Waals surface area contributed by atoms with E-state index in [-0.39, 0.29) is 24.5 Å². The Hall–Kier alpha value is -1.04. The minimum Gasteiger partial charge on any atom is -0.444 e. The van der Waals surface area contributed by atoms with Gasteiger partial charge in [-0.15, -0.1) is 12.4 Å². The predicted octanol–water partition coefficient (Wildman–Crippen LogP) is 3.04. The molecule has 1 N–H and O–H groups in total. The van der Waals surface area contributed by atoms with E-state index in [1.165, 1.54) is 0 Å². The molecule has 1 aromatic heterocycles. The number of piperazine rings is 1. The Balaban J connectivity index is 0.00000220. The number of amides is 1. The zero-order valence-corrected chi connectivity index (χ0v) is 14.0. The van der Waals surface area contributed by atoms with Crippen molar-refractivity contribution in [1.82, 2.24) is 15.2 Å². The lowest BCUT2D eigenvalue weighted by atomic mass is 10.1. The maximum Gasteiger partial charge on any atom is 0.410 e. The van der Waals surface area contributed by atoms with Crippen LogP contribution in [-0.2, 0) is 4.74 Å². The molecule has 1 saturated heterocycles. The summed E-state index contributed by atoms with van der Waals surface area (Å²) >= 11 is 5.93. The van der Waals surface area contributed by atoms with E-state index in [9.17, 15) is 4.79 Å². The highest BCUT2D eigenvalue weighted by molar-refractivity contribution is 6.29. The molecule has 2 heterocycles. The highest BCUT2D eigenvalue weighted by atomic mass is 35.5.